The van der Waals surface area contributed by atoms with Gasteiger partial charge in [0.15, 0.2) is 0 Å². The van der Waals surface area contributed by atoms with E-state index in [1.165, 1.54) is 18.3 Å². The fourth-order valence-electron chi connectivity index (χ4n) is 0.829. The normalized spacial score (nSPS) is 9.57. The summed E-state index contributed by atoms with van der Waals surface area (Å²) in [5, 5.41) is 12.0. The van der Waals surface area contributed by atoms with E-state index in [1.54, 1.807) is 6.07 Å². The van der Waals surface area contributed by atoms with Crippen molar-refractivity contribution in [3.8, 4) is 0 Å². The second-order valence-corrected chi connectivity index (χ2v) is 4.44. The van der Waals surface area contributed by atoms with E-state index in [9.17, 15) is 4.79 Å². The molecule has 1 rings (SSSR count). The molecule has 0 fully saturated rings. The largest absolute Gasteiger partial charge is 0.333 e. The van der Waals surface area contributed by atoms with Crippen LogP contribution in [0, 0.1) is 5.41 Å². The summed E-state index contributed by atoms with van der Waals surface area (Å²) >= 11 is 7.13. The third kappa shape index (κ3) is 3.76. The zero-order chi connectivity index (χ0) is 10.6. The van der Waals surface area contributed by atoms with Crippen LogP contribution in [0.4, 0.5) is 4.79 Å². The van der Waals surface area contributed by atoms with Crippen molar-refractivity contribution < 1.29 is 4.79 Å². The first-order chi connectivity index (χ1) is 6.58. The Bertz CT molecular complexity index is 350. The van der Waals surface area contributed by atoms with Crippen LogP contribution < -0.4 is 10.6 Å². The van der Waals surface area contributed by atoms with Crippen molar-refractivity contribution in [2.45, 2.75) is 13.5 Å². The Labute approximate surface area is 90.8 Å². The number of amides is 2. The maximum Gasteiger partial charge on any atom is 0.320 e. The first-order valence-corrected chi connectivity index (χ1v) is 5.11. The molecule has 0 spiro atoms. The molecule has 76 valence electrons. The first-order valence-electron chi connectivity index (χ1n) is 3.92. The highest BCUT2D eigenvalue weighted by atomic mass is 35.5. The molecule has 0 atom stereocenters. The molecule has 0 aliphatic heterocycles. The second-order valence-electron chi connectivity index (χ2n) is 2.64. The maximum atomic E-state index is 11.0. The summed E-state index contributed by atoms with van der Waals surface area (Å²) in [4.78, 5) is 12.0. The highest BCUT2D eigenvalue weighted by molar-refractivity contribution is 7.16. The van der Waals surface area contributed by atoms with Gasteiger partial charge < -0.3 is 5.32 Å². The van der Waals surface area contributed by atoms with Crippen LogP contribution in [0.3, 0.4) is 0 Å². The number of rotatable bonds is 2. The lowest BCUT2D eigenvalue weighted by molar-refractivity contribution is 0.245. The van der Waals surface area contributed by atoms with Gasteiger partial charge in [0.2, 0.25) is 0 Å². The molecule has 6 heteroatoms. The Morgan fingerprint density at radius 2 is 2.36 bits per heavy atom. The summed E-state index contributed by atoms with van der Waals surface area (Å²) in [7, 11) is 0. The minimum absolute atomic E-state index is 0.117. The minimum Gasteiger partial charge on any atom is -0.333 e. The van der Waals surface area contributed by atoms with Crippen molar-refractivity contribution in [2.24, 2.45) is 0 Å². The van der Waals surface area contributed by atoms with Gasteiger partial charge in [-0.05, 0) is 19.1 Å². The van der Waals surface area contributed by atoms with Gasteiger partial charge in [-0.25, -0.2) is 4.79 Å². The van der Waals surface area contributed by atoms with Gasteiger partial charge in [-0.15, -0.1) is 11.3 Å². The summed E-state index contributed by atoms with van der Waals surface area (Å²) < 4.78 is 0.699. The molecule has 0 aliphatic carbocycles. The molecular weight excluding hydrogens is 222 g/mol. The SMILES string of the molecule is CC(=N)NC(=O)NCc1ccc(Cl)s1. The van der Waals surface area contributed by atoms with Crippen LogP contribution in [0.15, 0.2) is 12.1 Å². The van der Waals surface area contributed by atoms with Gasteiger partial charge in [0.05, 0.1) is 16.7 Å². The quantitative estimate of drug-likeness (QED) is 0.530. The summed E-state index contributed by atoms with van der Waals surface area (Å²) in [5.74, 6) is 0.117. The average Bonchev–Trinajstić information content (AvgIpc) is 2.47. The smallest absolute Gasteiger partial charge is 0.320 e. The Kier molecular flexibility index (Phi) is 3.91. The molecule has 1 aromatic rings. The van der Waals surface area contributed by atoms with E-state index in [0.717, 1.165) is 4.88 Å². The van der Waals surface area contributed by atoms with Gasteiger partial charge in [0, 0.05) is 4.88 Å². The number of carbonyl (C=O) groups is 1. The van der Waals surface area contributed by atoms with Gasteiger partial charge >= 0.3 is 6.03 Å². The van der Waals surface area contributed by atoms with Crippen molar-refractivity contribution in [1.82, 2.24) is 10.6 Å². The number of thiophene rings is 1. The Hall–Kier alpha value is -1.07. The van der Waals surface area contributed by atoms with Crippen LogP contribution in [0.1, 0.15) is 11.8 Å². The van der Waals surface area contributed by atoms with Crippen molar-refractivity contribution in [2.75, 3.05) is 0 Å². The van der Waals surface area contributed by atoms with Crippen LogP contribution in [0.5, 0.6) is 0 Å². The highest BCUT2D eigenvalue weighted by Gasteiger charge is 2.02. The Morgan fingerprint density at radius 3 is 2.86 bits per heavy atom. The first kappa shape index (κ1) is 11.0. The molecule has 3 N–H and O–H groups in total. The number of hydrogen-bond donors (Lipinski definition) is 3. The summed E-state index contributed by atoms with van der Waals surface area (Å²) in [6.07, 6.45) is 0. The molecule has 0 aliphatic rings. The average molecular weight is 232 g/mol. The van der Waals surface area contributed by atoms with Gasteiger partial charge in [-0.1, -0.05) is 11.6 Å². The molecule has 2 amide bonds. The predicted octanol–water partition coefficient (Wildman–Crippen LogP) is 2.20. The highest BCUT2D eigenvalue weighted by Crippen LogP contribution is 2.20. The second kappa shape index (κ2) is 4.97. The van der Waals surface area contributed by atoms with Gasteiger partial charge in [-0.2, -0.15) is 0 Å². The van der Waals surface area contributed by atoms with Crippen LogP contribution in [-0.4, -0.2) is 11.9 Å². The molecule has 0 aromatic carbocycles. The number of nitrogens with one attached hydrogen (secondary N) is 3. The standard InChI is InChI=1S/C8H10ClN3OS/c1-5(10)12-8(13)11-4-6-2-3-7(9)14-6/h2-3H,4H2,1H3,(H3,10,11,12,13). The van der Waals surface area contributed by atoms with Crippen LogP contribution in [0.25, 0.3) is 0 Å². The number of halogens is 1. The van der Waals surface area contributed by atoms with Crippen molar-refractivity contribution >= 4 is 34.8 Å². The van der Waals surface area contributed by atoms with Crippen LogP contribution >= 0.6 is 22.9 Å². The third-order valence-electron chi connectivity index (χ3n) is 1.35. The van der Waals surface area contributed by atoms with Crippen LogP contribution in [-0.2, 0) is 6.54 Å². The molecule has 14 heavy (non-hydrogen) atoms. The molecule has 0 saturated carbocycles. The van der Waals surface area contributed by atoms with Crippen LogP contribution in [0.2, 0.25) is 4.34 Å². The van der Waals surface area contributed by atoms with E-state index < -0.39 is 0 Å². The molecular formula is C8H10ClN3OS. The maximum absolute atomic E-state index is 11.0. The lowest BCUT2D eigenvalue weighted by atomic mass is 10.5. The number of hydrogen-bond acceptors (Lipinski definition) is 3. The van der Waals surface area contributed by atoms with E-state index in [-0.39, 0.29) is 11.9 Å². The predicted molar refractivity (Wildman–Crippen MR) is 58.1 cm³/mol. The van der Waals surface area contributed by atoms with Crippen molar-refractivity contribution in [3.63, 3.8) is 0 Å². The Balaban J connectivity index is 2.34. The zero-order valence-corrected chi connectivity index (χ0v) is 9.13. The Morgan fingerprint density at radius 1 is 1.64 bits per heavy atom. The fourth-order valence-corrected chi connectivity index (χ4v) is 1.86. The van der Waals surface area contributed by atoms with E-state index >= 15 is 0 Å². The third-order valence-corrected chi connectivity index (χ3v) is 2.58. The molecule has 0 saturated heterocycles. The van der Waals surface area contributed by atoms with E-state index in [4.69, 9.17) is 17.0 Å². The molecule has 0 unspecified atom stereocenters. The van der Waals surface area contributed by atoms with E-state index in [2.05, 4.69) is 10.6 Å². The number of amidine groups is 1. The van der Waals surface area contributed by atoms with Gasteiger partial charge in [0.25, 0.3) is 0 Å². The van der Waals surface area contributed by atoms with Gasteiger partial charge in [-0.3, -0.25) is 10.7 Å². The number of carbonyl (C=O) groups excluding carboxylic acids is 1. The summed E-state index contributed by atoms with van der Waals surface area (Å²) in [5.41, 5.74) is 0. The molecule has 0 radical (unpaired) electrons. The minimum atomic E-state index is -0.373. The van der Waals surface area contributed by atoms with Crippen molar-refractivity contribution in [3.05, 3.63) is 21.3 Å². The molecule has 1 heterocycles. The van der Waals surface area contributed by atoms with E-state index in [1.807, 2.05) is 6.07 Å². The topological polar surface area (TPSA) is 65.0 Å². The van der Waals surface area contributed by atoms with Crippen molar-refractivity contribution in [1.29, 1.82) is 5.41 Å². The lowest BCUT2D eigenvalue weighted by Crippen LogP contribution is -2.37. The van der Waals surface area contributed by atoms with E-state index in [0.29, 0.717) is 10.9 Å². The molecule has 1 aromatic heterocycles. The molecule has 4 nitrogen and oxygen atoms in total. The zero-order valence-electron chi connectivity index (χ0n) is 7.56. The summed E-state index contributed by atoms with van der Waals surface area (Å²) in [6.45, 7) is 1.93. The fraction of sp³-hybridized carbons (Fsp3) is 0.250. The van der Waals surface area contributed by atoms with Gasteiger partial charge in [0.1, 0.15) is 0 Å². The monoisotopic (exact) mass is 231 g/mol. The lowest BCUT2D eigenvalue weighted by Gasteiger charge is -2.03. The summed E-state index contributed by atoms with van der Waals surface area (Å²) in [6, 6.07) is 3.26. The molecule has 0 bridgehead atoms. The number of urea groups is 1.